The zero-order chi connectivity index (χ0) is 24.1. The predicted molar refractivity (Wildman–Crippen MR) is 129 cm³/mol. The lowest BCUT2D eigenvalue weighted by Gasteiger charge is -2.52. The Morgan fingerprint density at radius 2 is 1.94 bits per heavy atom. The Kier molecular flexibility index (Phi) is 8.09. The van der Waals surface area contributed by atoms with Gasteiger partial charge in [-0.1, -0.05) is 38.7 Å². The van der Waals surface area contributed by atoms with Crippen LogP contribution < -0.4 is 10.1 Å². The number of aliphatic hydroxyl groups is 1. The summed E-state index contributed by atoms with van der Waals surface area (Å²) in [5.41, 5.74) is 0.281. The Bertz CT molecular complexity index is 832. The molecular weight excluding hydrogens is 432 g/mol. The summed E-state index contributed by atoms with van der Waals surface area (Å²) in [5, 5.41) is 14.1. The molecule has 1 aromatic heterocycles. The van der Waals surface area contributed by atoms with Crippen LogP contribution in [0.2, 0.25) is 0 Å². The van der Waals surface area contributed by atoms with Gasteiger partial charge in [0, 0.05) is 38.4 Å². The van der Waals surface area contributed by atoms with Crippen molar-refractivity contribution in [3.05, 3.63) is 23.9 Å². The van der Waals surface area contributed by atoms with E-state index in [0.717, 1.165) is 63.7 Å². The smallest absolute Gasteiger partial charge is 0.248 e. The van der Waals surface area contributed by atoms with Crippen LogP contribution in [0, 0.1) is 5.92 Å². The molecule has 3 aliphatic rings. The summed E-state index contributed by atoms with van der Waals surface area (Å²) in [7, 11) is 1.60. The van der Waals surface area contributed by atoms with E-state index in [1.807, 2.05) is 23.2 Å². The fraction of sp³-hybridized carbons (Fsp3) is 0.731. The third-order valence-electron chi connectivity index (χ3n) is 8.06. The van der Waals surface area contributed by atoms with Crippen molar-refractivity contribution >= 4 is 11.8 Å². The fourth-order valence-electron chi connectivity index (χ4n) is 5.92. The van der Waals surface area contributed by atoms with E-state index in [0.29, 0.717) is 25.3 Å². The monoisotopic (exact) mass is 472 g/mol. The molecule has 0 unspecified atom stereocenters. The Morgan fingerprint density at radius 1 is 1.21 bits per heavy atom. The molecule has 1 saturated carbocycles. The number of carbonyl (C=O) groups excluding carboxylic acids is 2. The fourth-order valence-corrected chi connectivity index (χ4v) is 5.92. The van der Waals surface area contributed by atoms with E-state index < -0.39 is 17.7 Å². The Balaban J connectivity index is 1.45. The van der Waals surface area contributed by atoms with Gasteiger partial charge < -0.3 is 20.1 Å². The standard InChI is InChI=1S/C26H40N4O4/c1-3-4-14-30-24(32)22(23(31)20-8-6-5-7-9-20)28-25(33)26(30)12-15-29(16-13-26)18-19-10-11-21(34-2)27-17-19/h10-11,17,20,22-23,31H,3-9,12-16,18H2,1-2H3,(H,28,33)/t22-,23-/m1/s1. The molecule has 4 rings (SSSR count). The maximum atomic E-state index is 13.7. The molecule has 34 heavy (non-hydrogen) atoms. The van der Waals surface area contributed by atoms with Crippen LogP contribution in [0.5, 0.6) is 5.88 Å². The molecule has 0 radical (unpaired) electrons. The number of rotatable bonds is 8. The lowest BCUT2D eigenvalue weighted by Crippen LogP contribution is -2.75. The van der Waals surface area contributed by atoms with Crippen molar-refractivity contribution in [1.82, 2.24) is 20.1 Å². The summed E-state index contributed by atoms with van der Waals surface area (Å²) >= 11 is 0. The van der Waals surface area contributed by atoms with Crippen LogP contribution >= 0.6 is 0 Å². The molecule has 0 aromatic carbocycles. The van der Waals surface area contributed by atoms with E-state index in [1.54, 1.807) is 7.11 Å². The first-order chi connectivity index (χ1) is 16.5. The van der Waals surface area contributed by atoms with E-state index in [-0.39, 0.29) is 17.7 Å². The van der Waals surface area contributed by atoms with Crippen molar-refractivity contribution in [2.45, 2.75) is 88.9 Å². The summed E-state index contributed by atoms with van der Waals surface area (Å²) in [6, 6.07) is 3.05. The highest BCUT2D eigenvalue weighted by Crippen LogP contribution is 2.36. The number of piperidine rings is 1. The number of aliphatic hydroxyl groups excluding tert-OH is 1. The highest BCUT2D eigenvalue weighted by Gasteiger charge is 2.55. The minimum absolute atomic E-state index is 0.0880. The number of nitrogens with one attached hydrogen (secondary N) is 1. The van der Waals surface area contributed by atoms with Gasteiger partial charge in [0.15, 0.2) is 0 Å². The highest BCUT2D eigenvalue weighted by molar-refractivity contribution is 6.00. The van der Waals surface area contributed by atoms with Gasteiger partial charge in [-0.15, -0.1) is 0 Å². The first kappa shape index (κ1) is 24.9. The lowest BCUT2D eigenvalue weighted by atomic mass is 9.78. The van der Waals surface area contributed by atoms with Crippen molar-refractivity contribution < 1.29 is 19.4 Å². The van der Waals surface area contributed by atoms with Crippen LogP contribution in [0.15, 0.2) is 18.3 Å². The molecule has 2 amide bonds. The maximum absolute atomic E-state index is 13.7. The van der Waals surface area contributed by atoms with Crippen LogP contribution in [0.3, 0.4) is 0 Å². The average molecular weight is 473 g/mol. The van der Waals surface area contributed by atoms with Gasteiger partial charge in [0.25, 0.3) is 0 Å². The maximum Gasteiger partial charge on any atom is 0.248 e. The first-order valence-corrected chi connectivity index (χ1v) is 13.0. The van der Waals surface area contributed by atoms with E-state index in [9.17, 15) is 14.7 Å². The number of piperazine rings is 1. The largest absolute Gasteiger partial charge is 0.481 e. The van der Waals surface area contributed by atoms with Gasteiger partial charge in [0.1, 0.15) is 11.6 Å². The second-order valence-electron chi connectivity index (χ2n) is 10.2. The molecule has 188 valence electrons. The van der Waals surface area contributed by atoms with Crippen LogP contribution in [0.4, 0.5) is 0 Å². The highest BCUT2D eigenvalue weighted by atomic mass is 16.5. The molecule has 1 spiro atoms. The summed E-state index contributed by atoms with van der Waals surface area (Å²) in [5.74, 6) is 0.494. The van der Waals surface area contributed by atoms with Gasteiger partial charge in [-0.3, -0.25) is 14.5 Å². The zero-order valence-electron chi connectivity index (χ0n) is 20.7. The molecule has 1 aromatic rings. The zero-order valence-corrected chi connectivity index (χ0v) is 20.7. The topological polar surface area (TPSA) is 95.0 Å². The van der Waals surface area contributed by atoms with Gasteiger partial charge >= 0.3 is 0 Å². The van der Waals surface area contributed by atoms with Gasteiger partial charge in [-0.2, -0.15) is 0 Å². The second kappa shape index (κ2) is 11.0. The summed E-state index contributed by atoms with van der Waals surface area (Å²) in [4.78, 5) is 35.7. The number of aromatic nitrogens is 1. The van der Waals surface area contributed by atoms with Gasteiger partial charge in [0.05, 0.1) is 13.2 Å². The number of likely N-dealkylation sites (tertiary alicyclic amines) is 1. The van der Waals surface area contributed by atoms with E-state index in [2.05, 4.69) is 22.1 Å². The minimum atomic E-state index is -0.818. The van der Waals surface area contributed by atoms with Crippen LogP contribution in [-0.2, 0) is 16.1 Å². The number of amides is 2. The molecule has 2 aliphatic heterocycles. The number of carbonyl (C=O) groups is 2. The van der Waals surface area contributed by atoms with E-state index in [4.69, 9.17) is 4.74 Å². The summed E-state index contributed by atoms with van der Waals surface area (Å²) < 4.78 is 5.14. The molecule has 3 fully saturated rings. The van der Waals surface area contributed by atoms with Gasteiger partial charge in [0.2, 0.25) is 17.7 Å². The van der Waals surface area contributed by atoms with Crippen molar-refractivity contribution in [2.75, 3.05) is 26.7 Å². The van der Waals surface area contributed by atoms with Crippen molar-refractivity contribution in [3.8, 4) is 5.88 Å². The molecule has 1 aliphatic carbocycles. The van der Waals surface area contributed by atoms with Crippen LogP contribution in [0.25, 0.3) is 0 Å². The van der Waals surface area contributed by atoms with Gasteiger partial charge in [-0.05, 0) is 43.6 Å². The Hall–Kier alpha value is -2.19. The minimum Gasteiger partial charge on any atom is -0.481 e. The molecule has 0 bridgehead atoms. The second-order valence-corrected chi connectivity index (χ2v) is 10.2. The van der Waals surface area contributed by atoms with Crippen LogP contribution in [-0.4, -0.2) is 76.1 Å². The third-order valence-corrected chi connectivity index (χ3v) is 8.06. The van der Waals surface area contributed by atoms with Crippen molar-refractivity contribution in [1.29, 1.82) is 0 Å². The van der Waals surface area contributed by atoms with Gasteiger partial charge in [-0.25, -0.2) is 4.98 Å². The SMILES string of the molecule is CCCCN1C(=O)[C@@H]([C@H](O)C2CCCCC2)NC(=O)C12CCN(Cc1ccc(OC)nc1)CC2. The predicted octanol–water partition coefficient (Wildman–Crippen LogP) is 2.49. The van der Waals surface area contributed by atoms with Crippen molar-refractivity contribution in [3.63, 3.8) is 0 Å². The summed E-state index contributed by atoms with van der Waals surface area (Å²) in [6.45, 7) is 4.87. The molecule has 8 nitrogen and oxygen atoms in total. The number of methoxy groups -OCH3 is 1. The molecule has 8 heteroatoms. The third kappa shape index (κ3) is 5.08. The quantitative estimate of drug-likeness (QED) is 0.604. The molecule has 2 N–H and O–H groups in total. The lowest BCUT2D eigenvalue weighted by molar-refractivity contribution is -0.166. The average Bonchev–Trinajstić information content (AvgIpc) is 2.88. The normalized spacial score (nSPS) is 24.8. The summed E-state index contributed by atoms with van der Waals surface area (Å²) in [6.07, 6.45) is 9.23. The number of nitrogens with zero attached hydrogens (tertiary/aromatic N) is 3. The Morgan fingerprint density at radius 3 is 2.56 bits per heavy atom. The number of hydrogen-bond acceptors (Lipinski definition) is 6. The number of pyridine rings is 1. The van der Waals surface area contributed by atoms with Crippen LogP contribution in [0.1, 0.15) is 70.3 Å². The van der Waals surface area contributed by atoms with Crippen molar-refractivity contribution in [2.24, 2.45) is 5.92 Å². The number of hydrogen-bond donors (Lipinski definition) is 2. The number of unbranched alkanes of at least 4 members (excludes halogenated alkanes) is 1. The van der Waals surface area contributed by atoms with E-state index in [1.165, 1.54) is 6.42 Å². The molecule has 3 heterocycles. The molecular formula is C26H40N4O4. The van der Waals surface area contributed by atoms with E-state index >= 15 is 0 Å². The Labute approximate surface area is 203 Å². The number of ether oxygens (including phenoxy) is 1. The molecule has 2 atom stereocenters. The first-order valence-electron chi connectivity index (χ1n) is 13.0. The molecule has 2 saturated heterocycles.